The number of esters is 1. The van der Waals surface area contributed by atoms with E-state index in [0.717, 1.165) is 11.5 Å². The van der Waals surface area contributed by atoms with Crippen LogP contribution in [0.1, 0.15) is 35.6 Å². The molecule has 1 fully saturated rings. The van der Waals surface area contributed by atoms with E-state index in [1.54, 1.807) is 18.7 Å². The third-order valence-corrected chi connectivity index (χ3v) is 5.42. The van der Waals surface area contributed by atoms with Crippen molar-refractivity contribution in [1.29, 1.82) is 0 Å². The van der Waals surface area contributed by atoms with Gasteiger partial charge in [-0.3, -0.25) is 0 Å². The molecule has 0 aromatic carbocycles. The largest absolute Gasteiger partial charge is 0.459 e. The Morgan fingerprint density at radius 1 is 1.53 bits per heavy atom. The quantitative estimate of drug-likeness (QED) is 0.782. The summed E-state index contributed by atoms with van der Waals surface area (Å²) in [4.78, 5) is 15.5. The number of carbonyl (C=O) groups excluding carboxylic acids is 1. The molecule has 0 aliphatic carbocycles. The van der Waals surface area contributed by atoms with Gasteiger partial charge in [-0.15, -0.1) is 11.8 Å². The zero-order valence-corrected chi connectivity index (χ0v) is 11.3. The first-order valence-electron chi connectivity index (χ1n) is 5.46. The fourth-order valence-electron chi connectivity index (χ4n) is 1.54. The van der Waals surface area contributed by atoms with Gasteiger partial charge in [0.25, 0.3) is 0 Å². The van der Waals surface area contributed by atoms with Gasteiger partial charge in [-0.05, 0) is 6.92 Å². The molecule has 2 atom stereocenters. The van der Waals surface area contributed by atoms with Crippen LogP contribution in [0.3, 0.4) is 0 Å². The summed E-state index contributed by atoms with van der Waals surface area (Å²) in [7, 11) is 0. The fraction of sp³-hybridized carbons (Fsp3) is 0.700. The highest BCUT2D eigenvalue weighted by atomic mass is 32.2. The Labute approximate surface area is 108 Å². The molecule has 5 nitrogen and oxygen atoms in total. The second-order valence-corrected chi connectivity index (χ2v) is 6.28. The van der Waals surface area contributed by atoms with Gasteiger partial charge in [-0.25, -0.2) is 4.79 Å². The van der Waals surface area contributed by atoms with E-state index in [2.05, 4.69) is 17.1 Å². The first-order chi connectivity index (χ1) is 8.22. The highest BCUT2D eigenvalue weighted by Gasteiger charge is 2.29. The lowest BCUT2D eigenvalue weighted by molar-refractivity contribution is 0.0470. The van der Waals surface area contributed by atoms with E-state index in [0.29, 0.717) is 17.7 Å². The lowest BCUT2D eigenvalue weighted by Crippen LogP contribution is -2.17. The second-order valence-electron chi connectivity index (χ2n) is 3.55. The number of thioether (sulfide) groups is 2. The average Bonchev–Trinajstić information content (AvgIpc) is 2.79. The number of nitrogens with zero attached hydrogens (tertiary/aromatic N) is 2. The van der Waals surface area contributed by atoms with E-state index in [-0.39, 0.29) is 11.1 Å². The predicted molar refractivity (Wildman–Crippen MR) is 67.4 cm³/mol. The van der Waals surface area contributed by atoms with Gasteiger partial charge < -0.3 is 9.26 Å². The van der Waals surface area contributed by atoms with Gasteiger partial charge in [0, 0.05) is 16.8 Å². The lowest BCUT2D eigenvalue weighted by atomic mass is 10.3. The Kier molecular flexibility index (Phi) is 4.33. The van der Waals surface area contributed by atoms with Crippen molar-refractivity contribution in [2.75, 3.05) is 18.1 Å². The summed E-state index contributed by atoms with van der Waals surface area (Å²) in [6.07, 6.45) is 0. The molecule has 1 aromatic heterocycles. The Balaban J connectivity index is 2.09. The Morgan fingerprint density at radius 3 is 3.00 bits per heavy atom. The molecule has 0 spiro atoms. The molecule has 0 radical (unpaired) electrons. The molecule has 1 saturated heterocycles. The molecule has 1 aliphatic rings. The molecule has 7 heteroatoms. The van der Waals surface area contributed by atoms with E-state index < -0.39 is 5.97 Å². The number of aromatic nitrogens is 2. The fourth-order valence-corrected chi connectivity index (χ4v) is 4.22. The zero-order chi connectivity index (χ0) is 12.3. The van der Waals surface area contributed by atoms with E-state index in [9.17, 15) is 4.79 Å². The van der Waals surface area contributed by atoms with Crippen molar-refractivity contribution in [1.82, 2.24) is 10.1 Å². The number of hydrogen-bond acceptors (Lipinski definition) is 7. The molecule has 17 heavy (non-hydrogen) atoms. The molecule has 0 bridgehead atoms. The van der Waals surface area contributed by atoms with E-state index in [1.165, 1.54) is 0 Å². The normalized spacial score (nSPS) is 24.6. The van der Waals surface area contributed by atoms with Gasteiger partial charge in [0.1, 0.15) is 0 Å². The van der Waals surface area contributed by atoms with Gasteiger partial charge in [0.05, 0.1) is 11.9 Å². The maximum Gasteiger partial charge on any atom is 0.397 e. The van der Waals surface area contributed by atoms with Crippen LogP contribution >= 0.6 is 23.5 Å². The van der Waals surface area contributed by atoms with Gasteiger partial charge >= 0.3 is 11.9 Å². The zero-order valence-electron chi connectivity index (χ0n) is 9.71. The van der Waals surface area contributed by atoms with Crippen LogP contribution in [0.4, 0.5) is 0 Å². The van der Waals surface area contributed by atoms with Crippen LogP contribution in [0.15, 0.2) is 4.52 Å². The van der Waals surface area contributed by atoms with Crippen LogP contribution in [0.2, 0.25) is 0 Å². The summed E-state index contributed by atoms with van der Waals surface area (Å²) in [5.41, 5.74) is 0. The minimum Gasteiger partial charge on any atom is -0.459 e. The molecule has 0 saturated carbocycles. The van der Waals surface area contributed by atoms with Crippen LogP contribution in [0.25, 0.3) is 0 Å². The molecule has 0 N–H and O–H groups in total. The number of rotatable bonds is 3. The lowest BCUT2D eigenvalue weighted by Gasteiger charge is -2.24. The number of ether oxygens (including phenoxy) is 1. The Hall–Kier alpha value is -0.690. The maximum absolute atomic E-state index is 11.4. The molecular formula is C10H14N2O3S2. The summed E-state index contributed by atoms with van der Waals surface area (Å²) in [5.74, 6) is 2.21. The SMILES string of the molecule is CCOC(=O)c1nc(C2SCCSC2C)no1. The van der Waals surface area contributed by atoms with Crippen LogP contribution in [-0.2, 0) is 4.74 Å². The Bertz CT molecular complexity index is 397. The summed E-state index contributed by atoms with van der Waals surface area (Å²) in [6, 6.07) is 0. The Morgan fingerprint density at radius 2 is 2.29 bits per heavy atom. The highest BCUT2D eigenvalue weighted by molar-refractivity contribution is 8.06. The summed E-state index contributed by atoms with van der Waals surface area (Å²) in [6.45, 7) is 4.19. The van der Waals surface area contributed by atoms with Crippen molar-refractivity contribution in [2.45, 2.75) is 24.3 Å². The van der Waals surface area contributed by atoms with Crippen molar-refractivity contribution in [3.8, 4) is 0 Å². The summed E-state index contributed by atoms with van der Waals surface area (Å²) in [5, 5.41) is 4.50. The summed E-state index contributed by atoms with van der Waals surface area (Å²) >= 11 is 3.70. The second kappa shape index (κ2) is 5.77. The smallest absolute Gasteiger partial charge is 0.397 e. The predicted octanol–water partition coefficient (Wildman–Crippen LogP) is 2.16. The molecule has 94 valence electrons. The van der Waals surface area contributed by atoms with Crippen LogP contribution < -0.4 is 0 Å². The molecule has 1 aromatic rings. The van der Waals surface area contributed by atoms with Crippen molar-refractivity contribution < 1.29 is 14.1 Å². The molecule has 1 aliphatic heterocycles. The number of carbonyl (C=O) groups is 1. The molecular weight excluding hydrogens is 260 g/mol. The molecule has 2 rings (SSSR count). The number of hydrogen-bond donors (Lipinski definition) is 0. The topological polar surface area (TPSA) is 65.2 Å². The molecule has 0 amide bonds. The van der Waals surface area contributed by atoms with Gasteiger partial charge in [0.15, 0.2) is 5.82 Å². The van der Waals surface area contributed by atoms with Crippen molar-refractivity contribution in [3.63, 3.8) is 0 Å². The minimum absolute atomic E-state index is 0.0507. The molecule has 2 unspecified atom stereocenters. The molecule has 2 heterocycles. The summed E-state index contributed by atoms with van der Waals surface area (Å²) < 4.78 is 9.73. The van der Waals surface area contributed by atoms with Gasteiger partial charge in [-0.2, -0.15) is 16.7 Å². The third kappa shape index (κ3) is 2.95. The van der Waals surface area contributed by atoms with Crippen molar-refractivity contribution in [2.24, 2.45) is 0 Å². The van der Waals surface area contributed by atoms with Crippen molar-refractivity contribution >= 4 is 29.5 Å². The van der Waals surface area contributed by atoms with E-state index in [1.807, 2.05) is 11.8 Å². The van der Waals surface area contributed by atoms with E-state index in [4.69, 9.17) is 9.26 Å². The highest BCUT2D eigenvalue weighted by Crippen LogP contribution is 2.41. The maximum atomic E-state index is 11.4. The van der Waals surface area contributed by atoms with Crippen LogP contribution in [-0.4, -0.2) is 39.5 Å². The van der Waals surface area contributed by atoms with Crippen molar-refractivity contribution in [3.05, 3.63) is 11.7 Å². The first kappa shape index (κ1) is 12.8. The standard InChI is InChI=1S/C10H14N2O3S2/c1-3-14-10(13)9-11-8(12-15-9)7-6(2)16-4-5-17-7/h6-7H,3-5H2,1-2H3. The first-order valence-corrected chi connectivity index (χ1v) is 7.56. The van der Waals surface area contributed by atoms with Crippen LogP contribution in [0.5, 0.6) is 0 Å². The average molecular weight is 274 g/mol. The van der Waals surface area contributed by atoms with E-state index >= 15 is 0 Å². The third-order valence-electron chi connectivity index (χ3n) is 2.33. The van der Waals surface area contributed by atoms with Crippen LogP contribution in [0, 0.1) is 0 Å². The minimum atomic E-state index is -0.549. The van der Waals surface area contributed by atoms with Gasteiger partial charge in [-0.1, -0.05) is 12.1 Å². The van der Waals surface area contributed by atoms with Gasteiger partial charge in [0.2, 0.25) is 0 Å². The monoisotopic (exact) mass is 274 g/mol.